The van der Waals surface area contributed by atoms with Crippen molar-refractivity contribution in [1.82, 2.24) is 4.90 Å². The molecule has 0 bridgehead atoms. The van der Waals surface area contributed by atoms with Gasteiger partial charge in [0.2, 0.25) is 0 Å². The third-order valence-corrected chi connectivity index (χ3v) is 3.85. The summed E-state index contributed by atoms with van der Waals surface area (Å²) in [5.41, 5.74) is 0. The second-order valence-electron chi connectivity index (χ2n) is 5.52. The molecule has 1 fully saturated rings. The SMILES string of the molecule is CCCCOC(C)C(=O)N1CCC(C(O)C(F)(F)F)CC1. The number of nitrogens with zero attached hydrogens (tertiary/aromatic N) is 1. The highest BCUT2D eigenvalue weighted by atomic mass is 19.4. The first kappa shape index (κ1) is 18.2. The number of hydrogen-bond donors (Lipinski definition) is 1. The molecule has 0 aromatic heterocycles. The molecule has 0 aromatic rings. The van der Waals surface area contributed by atoms with Crippen molar-refractivity contribution in [1.29, 1.82) is 0 Å². The van der Waals surface area contributed by atoms with Crippen molar-refractivity contribution >= 4 is 5.91 Å². The van der Waals surface area contributed by atoms with Gasteiger partial charge >= 0.3 is 6.18 Å². The first-order chi connectivity index (χ1) is 9.77. The fraction of sp³-hybridized carbons (Fsp3) is 0.929. The van der Waals surface area contributed by atoms with Crippen LogP contribution in [0.4, 0.5) is 13.2 Å². The van der Waals surface area contributed by atoms with Crippen LogP contribution in [0.2, 0.25) is 0 Å². The lowest BCUT2D eigenvalue weighted by molar-refractivity contribution is -0.223. The van der Waals surface area contributed by atoms with Crippen molar-refractivity contribution in [3.63, 3.8) is 0 Å². The van der Waals surface area contributed by atoms with Gasteiger partial charge in [-0.05, 0) is 32.1 Å². The number of halogens is 3. The number of ether oxygens (including phenoxy) is 1. The predicted octanol–water partition coefficient (Wildman–Crippen LogP) is 2.35. The van der Waals surface area contributed by atoms with E-state index in [0.717, 1.165) is 12.8 Å². The lowest BCUT2D eigenvalue weighted by atomic mass is 9.90. The number of unbranched alkanes of at least 4 members (excludes halogenated alkanes) is 1. The Hall–Kier alpha value is -0.820. The summed E-state index contributed by atoms with van der Waals surface area (Å²) in [5, 5.41) is 9.23. The van der Waals surface area contributed by atoms with Gasteiger partial charge in [-0.2, -0.15) is 13.2 Å². The average Bonchev–Trinajstić information content (AvgIpc) is 2.45. The Kier molecular flexibility index (Phi) is 6.93. The van der Waals surface area contributed by atoms with Crippen LogP contribution in [0.25, 0.3) is 0 Å². The van der Waals surface area contributed by atoms with E-state index < -0.39 is 24.3 Å². The number of aliphatic hydroxyl groups excluding tert-OH is 1. The van der Waals surface area contributed by atoms with Crippen molar-refractivity contribution in [3.8, 4) is 0 Å². The number of aliphatic hydroxyl groups is 1. The minimum absolute atomic E-state index is 0.161. The zero-order chi connectivity index (χ0) is 16.0. The molecule has 7 heteroatoms. The van der Waals surface area contributed by atoms with E-state index in [1.165, 1.54) is 4.90 Å². The number of rotatable bonds is 6. The number of carbonyl (C=O) groups excluding carboxylic acids is 1. The molecular weight excluding hydrogens is 287 g/mol. The molecule has 0 saturated carbocycles. The summed E-state index contributed by atoms with van der Waals surface area (Å²) in [6.45, 7) is 4.66. The monoisotopic (exact) mass is 311 g/mol. The molecule has 1 aliphatic heterocycles. The standard InChI is InChI=1S/C14H24F3NO3/c1-3-4-9-21-10(2)13(20)18-7-5-11(6-8-18)12(19)14(15,16)17/h10-12,19H,3-9H2,1-2H3. The second-order valence-corrected chi connectivity index (χ2v) is 5.52. The van der Waals surface area contributed by atoms with Gasteiger partial charge in [0.25, 0.3) is 5.91 Å². The smallest absolute Gasteiger partial charge is 0.383 e. The molecule has 0 aromatic carbocycles. The van der Waals surface area contributed by atoms with Crippen LogP contribution in [0, 0.1) is 5.92 Å². The minimum Gasteiger partial charge on any atom is -0.383 e. The molecule has 21 heavy (non-hydrogen) atoms. The van der Waals surface area contributed by atoms with Gasteiger partial charge in [-0.25, -0.2) is 0 Å². The maximum atomic E-state index is 12.4. The second kappa shape index (κ2) is 7.98. The molecular formula is C14H24F3NO3. The number of carbonyl (C=O) groups is 1. The van der Waals surface area contributed by atoms with Gasteiger partial charge in [0.15, 0.2) is 6.10 Å². The summed E-state index contributed by atoms with van der Waals surface area (Å²) in [6.07, 6.45) is -5.29. The summed E-state index contributed by atoms with van der Waals surface area (Å²) < 4.78 is 42.7. The summed E-state index contributed by atoms with van der Waals surface area (Å²) >= 11 is 0. The fourth-order valence-corrected chi connectivity index (χ4v) is 2.44. The predicted molar refractivity (Wildman–Crippen MR) is 71.7 cm³/mol. The summed E-state index contributed by atoms with van der Waals surface area (Å²) in [6, 6.07) is 0. The Balaban J connectivity index is 2.40. The van der Waals surface area contributed by atoms with Gasteiger partial charge in [0.1, 0.15) is 6.10 Å². The Morgan fingerprint density at radius 3 is 2.43 bits per heavy atom. The van der Waals surface area contributed by atoms with Crippen LogP contribution in [0.15, 0.2) is 0 Å². The number of amides is 1. The molecule has 1 heterocycles. The molecule has 0 radical (unpaired) electrons. The Morgan fingerprint density at radius 1 is 1.38 bits per heavy atom. The molecule has 124 valence electrons. The zero-order valence-corrected chi connectivity index (χ0v) is 12.5. The van der Waals surface area contributed by atoms with E-state index in [1.807, 2.05) is 6.92 Å². The molecule has 0 spiro atoms. The summed E-state index contributed by atoms with van der Waals surface area (Å²) in [4.78, 5) is 13.6. The van der Waals surface area contributed by atoms with Gasteiger partial charge in [-0.1, -0.05) is 13.3 Å². The molecule has 1 aliphatic rings. The maximum absolute atomic E-state index is 12.4. The van der Waals surface area contributed by atoms with E-state index in [9.17, 15) is 23.1 Å². The number of alkyl halides is 3. The third-order valence-electron chi connectivity index (χ3n) is 3.85. The Morgan fingerprint density at radius 2 is 1.95 bits per heavy atom. The third kappa shape index (κ3) is 5.47. The number of piperidine rings is 1. The van der Waals surface area contributed by atoms with Gasteiger partial charge in [-0.3, -0.25) is 4.79 Å². The fourth-order valence-electron chi connectivity index (χ4n) is 2.44. The van der Waals surface area contributed by atoms with E-state index in [-0.39, 0.29) is 31.8 Å². The summed E-state index contributed by atoms with van der Waals surface area (Å²) in [7, 11) is 0. The van der Waals surface area contributed by atoms with Crippen LogP contribution in [-0.2, 0) is 9.53 Å². The van der Waals surface area contributed by atoms with E-state index in [0.29, 0.717) is 6.61 Å². The highest BCUT2D eigenvalue weighted by Crippen LogP contribution is 2.31. The van der Waals surface area contributed by atoms with Gasteiger partial charge in [-0.15, -0.1) is 0 Å². The van der Waals surface area contributed by atoms with Crippen LogP contribution in [-0.4, -0.2) is 54.0 Å². The van der Waals surface area contributed by atoms with Crippen molar-refractivity contribution in [3.05, 3.63) is 0 Å². The number of hydrogen-bond acceptors (Lipinski definition) is 3. The molecule has 1 saturated heterocycles. The van der Waals surface area contributed by atoms with Crippen molar-refractivity contribution < 1.29 is 27.8 Å². The van der Waals surface area contributed by atoms with Gasteiger partial charge in [0.05, 0.1) is 0 Å². The normalized spacial score (nSPS) is 20.4. The molecule has 4 nitrogen and oxygen atoms in total. The van der Waals surface area contributed by atoms with Crippen LogP contribution < -0.4 is 0 Å². The highest BCUT2D eigenvalue weighted by Gasteiger charge is 2.44. The van der Waals surface area contributed by atoms with Crippen molar-refractivity contribution in [2.45, 2.75) is 57.9 Å². The van der Waals surface area contributed by atoms with E-state index in [2.05, 4.69) is 0 Å². The van der Waals surface area contributed by atoms with E-state index >= 15 is 0 Å². The highest BCUT2D eigenvalue weighted by molar-refractivity contribution is 5.80. The molecule has 1 N–H and O–H groups in total. The molecule has 1 amide bonds. The van der Waals surface area contributed by atoms with Crippen molar-refractivity contribution in [2.75, 3.05) is 19.7 Å². The Labute approximate surface area is 123 Å². The first-order valence-corrected chi connectivity index (χ1v) is 7.42. The van der Waals surface area contributed by atoms with Crippen molar-refractivity contribution in [2.24, 2.45) is 5.92 Å². The molecule has 0 aliphatic carbocycles. The van der Waals surface area contributed by atoms with Crippen LogP contribution >= 0.6 is 0 Å². The topological polar surface area (TPSA) is 49.8 Å². The van der Waals surface area contributed by atoms with Gasteiger partial charge in [0, 0.05) is 19.7 Å². The zero-order valence-electron chi connectivity index (χ0n) is 12.5. The summed E-state index contributed by atoms with van der Waals surface area (Å²) in [5.74, 6) is -1.02. The van der Waals surface area contributed by atoms with Gasteiger partial charge < -0.3 is 14.7 Å². The van der Waals surface area contributed by atoms with E-state index in [1.54, 1.807) is 6.92 Å². The quantitative estimate of drug-likeness (QED) is 0.766. The molecule has 2 unspecified atom stereocenters. The minimum atomic E-state index is -4.59. The first-order valence-electron chi connectivity index (χ1n) is 7.42. The van der Waals surface area contributed by atoms with E-state index in [4.69, 9.17) is 4.74 Å². The number of likely N-dealkylation sites (tertiary alicyclic amines) is 1. The Bertz CT molecular complexity index is 328. The lowest BCUT2D eigenvalue weighted by Gasteiger charge is -2.35. The average molecular weight is 311 g/mol. The largest absolute Gasteiger partial charge is 0.414 e. The lowest BCUT2D eigenvalue weighted by Crippen LogP contribution is -2.47. The maximum Gasteiger partial charge on any atom is 0.414 e. The van der Waals surface area contributed by atoms with Crippen LogP contribution in [0.1, 0.15) is 39.5 Å². The molecule has 1 rings (SSSR count). The molecule has 2 atom stereocenters. The van der Waals surface area contributed by atoms with Crippen LogP contribution in [0.5, 0.6) is 0 Å². The van der Waals surface area contributed by atoms with Crippen LogP contribution in [0.3, 0.4) is 0 Å².